The van der Waals surface area contributed by atoms with Crippen LogP contribution in [0.25, 0.3) is 0 Å². The second kappa shape index (κ2) is 6.09. The van der Waals surface area contributed by atoms with E-state index in [2.05, 4.69) is 5.32 Å². The van der Waals surface area contributed by atoms with Crippen molar-refractivity contribution in [3.63, 3.8) is 0 Å². The minimum Gasteiger partial charge on any atom is -0.388 e. The van der Waals surface area contributed by atoms with Gasteiger partial charge in [0, 0.05) is 6.54 Å². The molecule has 5 heteroatoms. The number of thioether (sulfide) groups is 1. The first-order chi connectivity index (χ1) is 9.14. The van der Waals surface area contributed by atoms with Gasteiger partial charge in [0.1, 0.15) is 0 Å². The van der Waals surface area contributed by atoms with Gasteiger partial charge in [-0.05, 0) is 36.5 Å². The van der Waals surface area contributed by atoms with Crippen LogP contribution in [-0.2, 0) is 0 Å². The SMILES string of the molecule is N#Cc1ccccc1C(=O)NCC1(O)CCSCC1. The summed E-state index contributed by atoms with van der Waals surface area (Å²) >= 11 is 1.82. The number of amides is 1. The van der Waals surface area contributed by atoms with Crippen molar-refractivity contribution in [1.29, 1.82) is 5.26 Å². The van der Waals surface area contributed by atoms with Crippen LogP contribution in [0, 0.1) is 11.3 Å². The lowest BCUT2D eigenvalue weighted by Crippen LogP contribution is -2.45. The molecule has 19 heavy (non-hydrogen) atoms. The molecule has 0 aliphatic carbocycles. The summed E-state index contributed by atoms with van der Waals surface area (Å²) < 4.78 is 0. The first-order valence-electron chi connectivity index (χ1n) is 6.22. The van der Waals surface area contributed by atoms with E-state index in [-0.39, 0.29) is 12.5 Å². The van der Waals surface area contributed by atoms with E-state index in [0.717, 1.165) is 11.5 Å². The van der Waals surface area contributed by atoms with Crippen molar-refractivity contribution < 1.29 is 9.90 Å². The highest BCUT2D eigenvalue weighted by molar-refractivity contribution is 7.99. The molecule has 2 N–H and O–H groups in total. The van der Waals surface area contributed by atoms with Crippen molar-refractivity contribution in [2.24, 2.45) is 0 Å². The van der Waals surface area contributed by atoms with Crippen molar-refractivity contribution in [3.8, 4) is 6.07 Å². The van der Waals surface area contributed by atoms with Crippen molar-refractivity contribution >= 4 is 17.7 Å². The van der Waals surface area contributed by atoms with E-state index in [1.165, 1.54) is 0 Å². The zero-order valence-corrected chi connectivity index (χ0v) is 11.4. The first kappa shape index (κ1) is 13.9. The molecule has 0 spiro atoms. The molecule has 1 saturated heterocycles. The molecule has 1 aliphatic heterocycles. The topological polar surface area (TPSA) is 73.1 Å². The minimum absolute atomic E-state index is 0.242. The average molecular weight is 276 g/mol. The predicted octanol–water partition coefficient (Wildman–Crippen LogP) is 1.55. The number of hydrogen-bond donors (Lipinski definition) is 2. The zero-order chi connectivity index (χ0) is 13.7. The Labute approximate surface area is 116 Å². The smallest absolute Gasteiger partial charge is 0.252 e. The number of nitrogens with one attached hydrogen (secondary N) is 1. The lowest BCUT2D eigenvalue weighted by Gasteiger charge is -2.31. The molecule has 0 bridgehead atoms. The monoisotopic (exact) mass is 276 g/mol. The standard InChI is InChI=1S/C14H16N2O2S/c15-9-11-3-1-2-4-12(11)13(17)16-10-14(18)5-7-19-8-6-14/h1-4,18H,5-8,10H2,(H,16,17). The molecule has 1 fully saturated rings. The van der Waals surface area contributed by atoms with E-state index in [4.69, 9.17) is 5.26 Å². The number of carbonyl (C=O) groups is 1. The molecule has 100 valence electrons. The third-order valence-electron chi connectivity index (χ3n) is 3.29. The molecule has 0 aromatic heterocycles. The summed E-state index contributed by atoms with van der Waals surface area (Å²) in [7, 11) is 0. The second-order valence-electron chi connectivity index (χ2n) is 4.68. The van der Waals surface area contributed by atoms with Gasteiger partial charge in [-0.25, -0.2) is 0 Å². The van der Waals surface area contributed by atoms with Gasteiger partial charge < -0.3 is 10.4 Å². The summed E-state index contributed by atoms with van der Waals surface area (Å²) in [6, 6.07) is 8.68. The number of nitriles is 1. The van der Waals surface area contributed by atoms with Gasteiger partial charge in [0.25, 0.3) is 5.91 Å². The lowest BCUT2D eigenvalue weighted by atomic mass is 9.96. The molecule has 4 nitrogen and oxygen atoms in total. The fraction of sp³-hybridized carbons (Fsp3) is 0.429. The van der Waals surface area contributed by atoms with E-state index in [0.29, 0.717) is 24.0 Å². The van der Waals surface area contributed by atoms with Crippen LogP contribution in [0.1, 0.15) is 28.8 Å². The van der Waals surface area contributed by atoms with Crippen LogP contribution >= 0.6 is 11.8 Å². The molecule has 0 saturated carbocycles. The third-order valence-corrected chi connectivity index (χ3v) is 4.28. The third kappa shape index (κ3) is 3.49. The molecule has 1 aliphatic rings. The average Bonchev–Trinajstić information content (AvgIpc) is 2.45. The van der Waals surface area contributed by atoms with Gasteiger partial charge >= 0.3 is 0 Å². The number of carbonyl (C=O) groups excluding carboxylic acids is 1. The Hall–Kier alpha value is -1.51. The van der Waals surface area contributed by atoms with Crippen LogP contribution in [0.3, 0.4) is 0 Å². The predicted molar refractivity (Wildman–Crippen MR) is 75.0 cm³/mol. The highest BCUT2D eigenvalue weighted by Crippen LogP contribution is 2.26. The highest BCUT2D eigenvalue weighted by Gasteiger charge is 2.30. The van der Waals surface area contributed by atoms with E-state index in [1.54, 1.807) is 24.3 Å². The normalized spacial score (nSPS) is 17.5. The molecule has 1 amide bonds. The number of hydrogen-bond acceptors (Lipinski definition) is 4. The molecule has 0 radical (unpaired) electrons. The van der Waals surface area contributed by atoms with Gasteiger partial charge in [-0.15, -0.1) is 0 Å². The summed E-state index contributed by atoms with van der Waals surface area (Å²) in [5.41, 5.74) is -0.0901. The number of nitrogens with zero attached hydrogens (tertiary/aromatic N) is 1. The Morgan fingerprint density at radius 3 is 2.79 bits per heavy atom. The molecular weight excluding hydrogens is 260 g/mol. The highest BCUT2D eigenvalue weighted by atomic mass is 32.2. The van der Waals surface area contributed by atoms with E-state index < -0.39 is 5.60 Å². The minimum atomic E-state index is -0.803. The molecule has 1 aromatic rings. The number of rotatable bonds is 3. The van der Waals surface area contributed by atoms with Crippen LogP contribution in [0.15, 0.2) is 24.3 Å². The Morgan fingerprint density at radius 1 is 1.42 bits per heavy atom. The van der Waals surface area contributed by atoms with Crippen LogP contribution in [-0.4, -0.2) is 34.7 Å². The van der Waals surface area contributed by atoms with Crippen molar-refractivity contribution in [2.45, 2.75) is 18.4 Å². The molecule has 0 atom stereocenters. The van der Waals surface area contributed by atoms with Crippen LogP contribution in [0.4, 0.5) is 0 Å². The maximum Gasteiger partial charge on any atom is 0.252 e. The summed E-state index contributed by atoms with van der Waals surface area (Å²) in [6.45, 7) is 0.242. The van der Waals surface area contributed by atoms with E-state index >= 15 is 0 Å². The van der Waals surface area contributed by atoms with Crippen molar-refractivity contribution in [3.05, 3.63) is 35.4 Å². The first-order valence-corrected chi connectivity index (χ1v) is 7.37. The maximum absolute atomic E-state index is 12.0. The Morgan fingerprint density at radius 2 is 2.11 bits per heavy atom. The molecule has 1 heterocycles. The van der Waals surface area contributed by atoms with Crippen LogP contribution < -0.4 is 5.32 Å². The maximum atomic E-state index is 12.0. The quantitative estimate of drug-likeness (QED) is 0.878. The Kier molecular flexibility index (Phi) is 4.46. The zero-order valence-electron chi connectivity index (χ0n) is 10.6. The fourth-order valence-corrected chi connectivity index (χ4v) is 3.30. The molecular formula is C14H16N2O2S. The summed E-state index contributed by atoms with van der Waals surface area (Å²) in [5, 5.41) is 22.0. The molecule has 2 rings (SSSR count). The number of benzene rings is 1. The summed E-state index contributed by atoms with van der Waals surface area (Å²) in [5.74, 6) is 1.53. The van der Waals surface area contributed by atoms with Crippen LogP contribution in [0.5, 0.6) is 0 Å². The van der Waals surface area contributed by atoms with Crippen LogP contribution in [0.2, 0.25) is 0 Å². The van der Waals surface area contributed by atoms with E-state index in [1.807, 2.05) is 17.8 Å². The van der Waals surface area contributed by atoms with Gasteiger partial charge in [0.2, 0.25) is 0 Å². The van der Waals surface area contributed by atoms with Gasteiger partial charge in [0.15, 0.2) is 0 Å². The van der Waals surface area contributed by atoms with Gasteiger partial charge in [-0.3, -0.25) is 4.79 Å². The summed E-state index contributed by atoms with van der Waals surface area (Å²) in [6.07, 6.45) is 1.38. The van der Waals surface area contributed by atoms with Gasteiger partial charge in [-0.1, -0.05) is 12.1 Å². The Bertz CT molecular complexity index is 504. The Balaban J connectivity index is 2.00. The van der Waals surface area contributed by atoms with Crippen molar-refractivity contribution in [2.75, 3.05) is 18.1 Å². The van der Waals surface area contributed by atoms with Gasteiger partial charge in [0.05, 0.1) is 22.8 Å². The summed E-state index contributed by atoms with van der Waals surface area (Å²) in [4.78, 5) is 12.0. The van der Waals surface area contributed by atoms with E-state index in [9.17, 15) is 9.90 Å². The fourth-order valence-electron chi connectivity index (χ4n) is 2.05. The lowest BCUT2D eigenvalue weighted by molar-refractivity contribution is 0.0311. The van der Waals surface area contributed by atoms with Crippen molar-refractivity contribution in [1.82, 2.24) is 5.32 Å². The van der Waals surface area contributed by atoms with Gasteiger partial charge in [-0.2, -0.15) is 17.0 Å². The largest absolute Gasteiger partial charge is 0.388 e. The molecule has 0 unspecified atom stereocenters. The molecule has 1 aromatic carbocycles. The number of aliphatic hydroxyl groups is 1. The second-order valence-corrected chi connectivity index (χ2v) is 5.90.